The molecule has 0 aliphatic carbocycles. The fourth-order valence-electron chi connectivity index (χ4n) is 3.29. The van der Waals surface area contributed by atoms with Gasteiger partial charge in [0.25, 0.3) is 5.91 Å². The van der Waals surface area contributed by atoms with Gasteiger partial charge in [-0.1, -0.05) is 12.1 Å². The number of carbonyl (C=O) groups excluding carboxylic acids is 2. The number of aromatic nitrogens is 3. The third-order valence-electron chi connectivity index (χ3n) is 4.50. The number of nitrogens with zero attached hydrogens (tertiary/aromatic N) is 5. The van der Waals surface area contributed by atoms with Crippen molar-refractivity contribution < 1.29 is 14.0 Å². The number of urea groups is 1. The van der Waals surface area contributed by atoms with Crippen LogP contribution < -0.4 is 0 Å². The van der Waals surface area contributed by atoms with Gasteiger partial charge in [-0.3, -0.25) is 9.69 Å². The van der Waals surface area contributed by atoms with Crippen LogP contribution in [0, 0.1) is 5.82 Å². The van der Waals surface area contributed by atoms with E-state index >= 15 is 0 Å². The van der Waals surface area contributed by atoms with E-state index in [1.165, 1.54) is 28.3 Å². The summed E-state index contributed by atoms with van der Waals surface area (Å²) < 4.78 is 14.7. The number of halogens is 1. The second kappa shape index (κ2) is 5.70. The van der Waals surface area contributed by atoms with E-state index in [-0.39, 0.29) is 30.3 Å². The number of hydrogen-bond acceptors (Lipinski definition) is 4. The summed E-state index contributed by atoms with van der Waals surface area (Å²) in [6.45, 7) is 0.830. The third kappa shape index (κ3) is 2.53. The van der Waals surface area contributed by atoms with Crippen LogP contribution in [0.4, 0.5) is 9.18 Å². The summed E-state index contributed by atoms with van der Waals surface area (Å²) in [5, 5.41) is 4.13. The molecule has 1 saturated heterocycles. The monoisotopic (exact) mass is 329 g/mol. The predicted molar refractivity (Wildman–Crippen MR) is 81.2 cm³/mol. The highest BCUT2D eigenvalue weighted by molar-refractivity contribution is 6.02. The van der Waals surface area contributed by atoms with E-state index in [1.807, 2.05) is 0 Å². The molecule has 1 aromatic heterocycles. The minimum atomic E-state index is -0.324. The van der Waals surface area contributed by atoms with Gasteiger partial charge in [0, 0.05) is 13.0 Å². The molecular formula is C16H16FN5O2. The molecule has 0 saturated carbocycles. The van der Waals surface area contributed by atoms with E-state index in [0.717, 1.165) is 11.4 Å². The first kappa shape index (κ1) is 14.8. The number of amides is 3. The van der Waals surface area contributed by atoms with Crippen molar-refractivity contribution in [1.82, 2.24) is 24.6 Å². The highest BCUT2D eigenvalue weighted by Gasteiger charge is 2.41. The zero-order valence-electron chi connectivity index (χ0n) is 12.9. The van der Waals surface area contributed by atoms with Gasteiger partial charge in [-0.2, -0.15) is 5.10 Å². The van der Waals surface area contributed by atoms with E-state index in [1.54, 1.807) is 16.8 Å². The number of aryl methyl sites for hydroxylation is 1. The molecule has 0 N–H and O–H groups in total. The molecule has 2 aliphatic heterocycles. The number of fused-ring (bicyclic) bond motifs is 1. The van der Waals surface area contributed by atoms with Gasteiger partial charge in [0.15, 0.2) is 0 Å². The first-order chi connectivity index (χ1) is 11.6. The highest BCUT2D eigenvalue weighted by Crippen LogP contribution is 2.23. The maximum atomic E-state index is 13.0. The zero-order valence-corrected chi connectivity index (χ0v) is 12.9. The molecule has 0 spiro atoms. The number of rotatable bonds is 3. The molecule has 4 rings (SSSR count). The molecule has 2 aliphatic rings. The minimum absolute atomic E-state index is 0.0525. The lowest BCUT2D eigenvalue weighted by atomic mass is 10.1. The molecule has 3 heterocycles. The van der Waals surface area contributed by atoms with Crippen LogP contribution >= 0.6 is 0 Å². The summed E-state index contributed by atoms with van der Waals surface area (Å²) in [6.07, 6.45) is 2.88. The van der Waals surface area contributed by atoms with Crippen LogP contribution in [0.2, 0.25) is 0 Å². The van der Waals surface area contributed by atoms with Crippen molar-refractivity contribution in [3.8, 4) is 0 Å². The summed E-state index contributed by atoms with van der Waals surface area (Å²) in [7, 11) is 0. The van der Waals surface area contributed by atoms with E-state index in [4.69, 9.17) is 0 Å². The fourth-order valence-corrected chi connectivity index (χ4v) is 3.29. The largest absolute Gasteiger partial charge is 0.327 e. The van der Waals surface area contributed by atoms with E-state index < -0.39 is 0 Å². The van der Waals surface area contributed by atoms with Crippen molar-refractivity contribution in [3.05, 3.63) is 47.8 Å². The number of hydrogen-bond donors (Lipinski definition) is 0. The first-order valence-electron chi connectivity index (χ1n) is 7.84. The first-order valence-corrected chi connectivity index (χ1v) is 7.84. The molecule has 2 aromatic rings. The Morgan fingerprint density at radius 1 is 1.21 bits per heavy atom. The van der Waals surface area contributed by atoms with Gasteiger partial charge in [-0.15, -0.1) is 0 Å². The average Bonchev–Trinajstić information content (AvgIpc) is 3.14. The van der Waals surface area contributed by atoms with Crippen molar-refractivity contribution in [2.45, 2.75) is 32.0 Å². The Labute approximate surface area is 137 Å². The molecule has 0 radical (unpaired) electrons. The Morgan fingerprint density at radius 2 is 2.00 bits per heavy atom. The van der Waals surface area contributed by atoms with Crippen molar-refractivity contribution in [2.75, 3.05) is 6.54 Å². The molecule has 1 unspecified atom stereocenters. The van der Waals surface area contributed by atoms with Gasteiger partial charge in [0.1, 0.15) is 24.5 Å². The summed E-state index contributed by atoms with van der Waals surface area (Å²) in [4.78, 5) is 32.0. The Kier molecular flexibility index (Phi) is 3.51. The lowest BCUT2D eigenvalue weighted by molar-refractivity contribution is -0.127. The van der Waals surface area contributed by atoms with E-state index in [0.29, 0.717) is 25.9 Å². The van der Waals surface area contributed by atoms with Crippen LogP contribution in [0.1, 0.15) is 17.8 Å². The molecule has 124 valence electrons. The van der Waals surface area contributed by atoms with Gasteiger partial charge in [-0.05, 0) is 24.1 Å². The van der Waals surface area contributed by atoms with Crippen LogP contribution in [0.25, 0.3) is 0 Å². The van der Waals surface area contributed by atoms with Crippen LogP contribution in [0.15, 0.2) is 30.6 Å². The minimum Gasteiger partial charge on any atom is -0.311 e. The SMILES string of the molecule is O=C1CN(Cc2ccc(F)cc2)C(=O)N1C1CCc2ncnn2C1. The lowest BCUT2D eigenvalue weighted by Gasteiger charge is -2.29. The topological polar surface area (TPSA) is 71.3 Å². The van der Waals surface area contributed by atoms with Gasteiger partial charge < -0.3 is 4.90 Å². The summed E-state index contributed by atoms with van der Waals surface area (Å²) >= 11 is 0. The Bertz CT molecular complexity index is 788. The Morgan fingerprint density at radius 3 is 2.79 bits per heavy atom. The molecular weight excluding hydrogens is 313 g/mol. The maximum absolute atomic E-state index is 13.0. The quantitative estimate of drug-likeness (QED) is 0.793. The number of benzene rings is 1. The predicted octanol–water partition coefficient (Wildman–Crippen LogP) is 1.20. The summed E-state index contributed by atoms with van der Waals surface area (Å²) in [5.74, 6) is 0.360. The van der Waals surface area contributed by atoms with Gasteiger partial charge in [0.05, 0.1) is 12.6 Å². The van der Waals surface area contributed by atoms with Crippen LogP contribution in [0.5, 0.6) is 0 Å². The Hall–Kier alpha value is -2.77. The normalized spacial score (nSPS) is 20.6. The lowest BCUT2D eigenvalue weighted by Crippen LogP contribution is -2.45. The van der Waals surface area contributed by atoms with Crippen molar-refractivity contribution in [1.29, 1.82) is 0 Å². The highest BCUT2D eigenvalue weighted by atomic mass is 19.1. The van der Waals surface area contributed by atoms with Crippen molar-refractivity contribution in [3.63, 3.8) is 0 Å². The molecule has 1 aromatic carbocycles. The van der Waals surface area contributed by atoms with Crippen LogP contribution in [-0.2, 0) is 24.3 Å². The molecule has 3 amide bonds. The summed E-state index contributed by atoms with van der Waals surface area (Å²) in [6, 6.07) is 5.46. The standard InChI is InChI=1S/C16H16FN5O2/c17-12-3-1-11(2-4-12)7-20-9-15(23)22(16(20)24)13-5-6-14-18-10-19-21(14)8-13/h1-4,10,13H,5-9H2. The molecule has 8 heteroatoms. The van der Waals surface area contributed by atoms with Gasteiger partial charge >= 0.3 is 6.03 Å². The number of carbonyl (C=O) groups is 2. The van der Waals surface area contributed by atoms with Gasteiger partial charge in [-0.25, -0.2) is 18.9 Å². The third-order valence-corrected chi connectivity index (χ3v) is 4.50. The van der Waals surface area contributed by atoms with Crippen molar-refractivity contribution in [2.24, 2.45) is 0 Å². The molecule has 7 nitrogen and oxygen atoms in total. The average molecular weight is 329 g/mol. The van der Waals surface area contributed by atoms with Gasteiger partial charge in [0.2, 0.25) is 0 Å². The number of imide groups is 1. The van der Waals surface area contributed by atoms with Crippen LogP contribution in [0.3, 0.4) is 0 Å². The van der Waals surface area contributed by atoms with E-state index in [2.05, 4.69) is 10.1 Å². The van der Waals surface area contributed by atoms with Crippen LogP contribution in [-0.4, -0.2) is 49.1 Å². The Balaban J connectivity index is 1.49. The fraction of sp³-hybridized carbons (Fsp3) is 0.375. The molecule has 0 bridgehead atoms. The van der Waals surface area contributed by atoms with E-state index in [9.17, 15) is 14.0 Å². The molecule has 24 heavy (non-hydrogen) atoms. The molecule has 1 atom stereocenters. The van der Waals surface area contributed by atoms with Crippen molar-refractivity contribution >= 4 is 11.9 Å². The maximum Gasteiger partial charge on any atom is 0.327 e. The smallest absolute Gasteiger partial charge is 0.311 e. The second-order valence-corrected chi connectivity index (χ2v) is 6.08. The molecule has 1 fully saturated rings. The summed E-state index contributed by atoms with van der Waals surface area (Å²) in [5.41, 5.74) is 0.793. The zero-order chi connectivity index (χ0) is 16.7. The second-order valence-electron chi connectivity index (χ2n) is 6.08.